The second-order valence-corrected chi connectivity index (χ2v) is 9.03. The summed E-state index contributed by atoms with van der Waals surface area (Å²) in [6.45, 7) is 10.9. The molecule has 29 heavy (non-hydrogen) atoms. The smallest absolute Gasteiger partial charge is 0.241 e. The Morgan fingerprint density at radius 3 is 2.55 bits per heavy atom. The summed E-state index contributed by atoms with van der Waals surface area (Å²) in [4.78, 5) is 19.4. The standard InChI is InChI=1S/C22H31ClN4O2/c1-14(2)20(15(3)4)25-22(28)16-8-10-27(11-9-16)13-19-24-21(26-29-19)17-6-5-7-18(23)12-17/h5-7,12,14-16,20H,8-11,13H2,1-4H3,(H,25,28). The van der Waals surface area contributed by atoms with E-state index in [-0.39, 0.29) is 17.9 Å². The van der Waals surface area contributed by atoms with Crippen molar-refractivity contribution in [2.45, 2.75) is 53.1 Å². The first-order chi connectivity index (χ1) is 13.8. The van der Waals surface area contributed by atoms with Crippen molar-refractivity contribution in [2.24, 2.45) is 17.8 Å². The summed E-state index contributed by atoms with van der Waals surface area (Å²) in [5, 5.41) is 7.98. The van der Waals surface area contributed by atoms with E-state index in [4.69, 9.17) is 16.1 Å². The van der Waals surface area contributed by atoms with E-state index in [1.807, 2.05) is 24.3 Å². The molecule has 1 N–H and O–H groups in total. The molecule has 7 heteroatoms. The molecule has 1 aliphatic rings. The Kier molecular flexibility index (Phi) is 7.30. The first-order valence-corrected chi connectivity index (χ1v) is 10.8. The van der Waals surface area contributed by atoms with Gasteiger partial charge >= 0.3 is 0 Å². The molecule has 3 rings (SSSR count). The summed E-state index contributed by atoms with van der Waals surface area (Å²) >= 11 is 6.04. The van der Waals surface area contributed by atoms with Crippen LogP contribution in [0.4, 0.5) is 0 Å². The molecule has 1 saturated heterocycles. The minimum atomic E-state index is 0.0796. The molecule has 0 aliphatic carbocycles. The molecule has 0 bridgehead atoms. The lowest BCUT2D eigenvalue weighted by atomic mass is 9.90. The summed E-state index contributed by atoms with van der Waals surface area (Å²) in [5.74, 6) is 2.28. The van der Waals surface area contributed by atoms with Gasteiger partial charge in [-0.1, -0.05) is 56.6 Å². The first kappa shape index (κ1) is 21.8. The zero-order valence-electron chi connectivity index (χ0n) is 17.7. The fraction of sp³-hybridized carbons (Fsp3) is 0.591. The van der Waals surface area contributed by atoms with E-state index in [1.54, 1.807) is 0 Å². The molecule has 0 spiro atoms. The second-order valence-electron chi connectivity index (χ2n) is 8.59. The Morgan fingerprint density at radius 2 is 1.93 bits per heavy atom. The lowest BCUT2D eigenvalue weighted by molar-refractivity contribution is -0.127. The Labute approximate surface area is 178 Å². The summed E-state index contributed by atoms with van der Waals surface area (Å²) in [7, 11) is 0. The zero-order valence-corrected chi connectivity index (χ0v) is 18.4. The van der Waals surface area contributed by atoms with Crippen molar-refractivity contribution in [3.8, 4) is 11.4 Å². The number of hydrogen-bond acceptors (Lipinski definition) is 5. The van der Waals surface area contributed by atoms with Gasteiger partial charge in [0.25, 0.3) is 0 Å². The fourth-order valence-electron chi connectivity index (χ4n) is 3.99. The molecule has 1 aromatic heterocycles. The summed E-state index contributed by atoms with van der Waals surface area (Å²) in [6.07, 6.45) is 1.70. The Balaban J connectivity index is 1.51. The zero-order chi connectivity index (χ0) is 21.0. The molecule has 1 amide bonds. The van der Waals surface area contributed by atoms with Crippen LogP contribution in [-0.4, -0.2) is 40.1 Å². The van der Waals surface area contributed by atoms with Crippen LogP contribution in [0.1, 0.15) is 46.4 Å². The van der Waals surface area contributed by atoms with Gasteiger partial charge in [-0.15, -0.1) is 0 Å². The molecule has 0 atom stereocenters. The number of benzene rings is 1. The molecule has 0 radical (unpaired) electrons. The number of halogens is 1. The van der Waals surface area contributed by atoms with Crippen molar-refractivity contribution >= 4 is 17.5 Å². The van der Waals surface area contributed by atoms with Crippen LogP contribution in [0.25, 0.3) is 11.4 Å². The Hall–Kier alpha value is -1.92. The maximum absolute atomic E-state index is 12.7. The van der Waals surface area contributed by atoms with Gasteiger partial charge in [-0.25, -0.2) is 0 Å². The van der Waals surface area contributed by atoms with E-state index in [9.17, 15) is 4.79 Å². The molecule has 158 valence electrons. The van der Waals surface area contributed by atoms with Crippen LogP contribution in [0.3, 0.4) is 0 Å². The number of nitrogens with zero attached hydrogens (tertiary/aromatic N) is 3. The summed E-state index contributed by atoms with van der Waals surface area (Å²) in [5.41, 5.74) is 0.840. The van der Waals surface area contributed by atoms with Gasteiger partial charge in [-0.2, -0.15) is 4.98 Å². The van der Waals surface area contributed by atoms with Gasteiger partial charge in [0, 0.05) is 22.5 Å². The van der Waals surface area contributed by atoms with E-state index in [2.05, 4.69) is 48.1 Å². The second kappa shape index (κ2) is 9.72. The van der Waals surface area contributed by atoms with Crippen molar-refractivity contribution in [1.29, 1.82) is 0 Å². The summed E-state index contributed by atoms with van der Waals surface area (Å²) in [6, 6.07) is 7.64. The number of hydrogen-bond donors (Lipinski definition) is 1. The van der Waals surface area contributed by atoms with Crippen molar-refractivity contribution < 1.29 is 9.32 Å². The van der Waals surface area contributed by atoms with Gasteiger partial charge in [0.1, 0.15) is 0 Å². The number of carbonyl (C=O) groups is 1. The van der Waals surface area contributed by atoms with Crippen molar-refractivity contribution in [1.82, 2.24) is 20.4 Å². The van der Waals surface area contributed by atoms with Gasteiger partial charge in [-0.3, -0.25) is 9.69 Å². The van der Waals surface area contributed by atoms with E-state index in [0.29, 0.717) is 35.1 Å². The number of carbonyl (C=O) groups excluding carboxylic acids is 1. The van der Waals surface area contributed by atoms with Gasteiger partial charge in [0.2, 0.25) is 17.6 Å². The number of amides is 1. The van der Waals surface area contributed by atoms with Crippen molar-refractivity contribution in [3.63, 3.8) is 0 Å². The molecule has 0 unspecified atom stereocenters. The van der Waals surface area contributed by atoms with Gasteiger partial charge in [-0.05, 0) is 49.9 Å². The largest absolute Gasteiger partial charge is 0.353 e. The minimum absolute atomic E-state index is 0.0796. The van der Waals surface area contributed by atoms with Gasteiger partial charge < -0.3 is 9.84 Å². The predicted octanol–water partition coefficient (Wildman–Crippen LogP) is 4.40. The number of aromatic nitrogens is 2. The van der Waals surface area contributed by atoms with E-state index < -0.39 is 0 Å². The number of nitrogens with one attached hydrogen (secondary N) is 1. The lowest BCUT2D eigenvalue weighted by Gasteiger charge is -2.33. The Bertz CT molecular complexity index is 805. The predicted molar refractivity (Wildman–Crippen MR) is 114 cm³/mol. The third kappa shape index (κ3) is 5.80. The third-order valence-corrected chi connectivity index (χ3v) is 5.85. The molecule has 2 heterocycles. The van der Waals surface area contributed by atoms with Crippen molar-refractivity contribution in [3.05, 3.63) is 35.2 Å². The topological polar surface area (TPSA) is 71.3 Å². The van der Waals surface area contributed by atoms with E-state index in [0.717, 1.165) is 31.5 Å². The third-order valence-electron chi connectivity index (χ3n) is 5.61. The van der Waals surface area contributed by atoms with Crippen LogP contribution >= 0.6 is 11.6 Å². The van der Waals surface area contributed by atoms with E-state index >= 15 is 0 Å². The molecular formula is C22H31ClN4O2. The summed E-state index contributed by atoms with van der Waals surface area (Å²) < 4.78 is 5.42. The van der Waals surface area contributed by atoms with Crippen LogP contribution in [0, 0.1) is 17.8 Å². The number of likely N-dealkylation sites (tertiary alicyclic amines) is 1. The molecule has 1 aliphatic heterocycles. The van der Waals surface area contributed by atoms with Gasteiger partial charge in [0.15, 0.2) is 0 Å². The molecule has 1 aromatic carbocycles. The number of piperidine rings is 1. The molecule has 6 nitrogen and oxygen atoms in total. The normalized spacial score (nSPS) is 16.1. The van der Waals surface area contributed by atoms with Crippen LogP contribution in [0.2, 0.25) is 5.02 Å². The molecule has 1 fully saturated rings. The average molecular weight is 419 g/mol. The van der Waals surface area contributed by atoms with Crippen LogP contribution < -0.4 is 5.32 Å². The quantitative estimate of drug-likeness (QED) is 0.721. The highest BCUT2D eigenvalue weighted by Crippen LogP contribution is 2.23. The average Bonchev–Trinajstić information content (AvgIpc) is 3.14. The maximum atomic E-state index is 12.7. The maximum Gasteiger partial charge on any atom is 0.241 e. The minimum Gasteiger partial charge on any atom is -0.353 e. The highest BCUT2D eigenvalue weighted by molar-refractivity contribution is 6.30. The fourth-order valence-corrected chi connectivity index (χ4v) is 4.18. The van der Waals surface area contributed by atoms with Gasteiger partial charge in [0.05, 0.1) is 6.54 Å². The molecule has 0 saturated carbocycles. The van der Waals surface area contributed by atoms with Crippen LogP contribution in [-0.2, 0) is 11.3 Å². The monoisotopic (exact) mass is 418 g/mol. The highest BCUT2D eigenvalue weighted by Gasteiger charge is 2.29. The molecular weight excluding hydrogens is 388 g/mol. The van der Waals surface area contributed by atoms with Crippen molar-refractivity contribution in [2.75, 3.05) is 13.1 Å². The highest BCUT2D eigenvalue weighted by atomic mass is 35.5. The SMILES string of the molecule is CC(C)C(NC(=O)C1CCN(Cc2nc(-c3cccc(Cl)c3)no2)CC1)C(C)C. The van der Waals surface area contributed by atoms with Crippen LogP contribution in [0.5, 0.6) is 0 Å². The number of rotatable bonds is 7. The van der Waals surface area contributed by atoms with E-state index in [1.165, 1.54) is 0 Å². The van der Waals surface area contributed by atoms with Crippen LogP contribution in [0.15, 0.2) is 28.8 Å². The Morgan fingerprint density at radius 1 is 1.24 bits per heavy atom. The molecule has 2 aromatic rings. The lowest BCUT2D eigenvalue weighted by Crippen LogP contribution is -2.47. The first-order valence-electron chi connectivity index (χ1n) is 10.4.